The Morgan fingerprint density at radius 2 is 2.25 bits per heavy atom. The molecule has 1 aromatic heterocycles. The minimum absolute atomic E-state index is 0.00945. The number of rotatable bonds is 4. The molecule has 2 heterocycles. The Morgan fingerprint density at radius 1 is 1.42 bits per heavy atom. The summed E-state index contributed by atoms with van der Waals surface area (Å²) in [4.78, 5) is 8.08. The molecule has 0 bridgehead atoms. The molecule has 128 valence electrons. The summed E-state index contributed by atoms with van der Waals surface area (Å²) in [5.41, 5.74) is 7.17. The largest absolute Gasteiger partial charge is 0.370 e. The molecule has 1 unspecified atom stereocenters. The predicted molar refractivity (Wildman–Crippen MR) is 94.4 cm³/mol. The van der Waals surface area contributed by atoms with Crippen molar-refractivity contribution in [3.05, 3.63) is 51.7 Å². The van der Waals surface area contributed by atoms with Gasteiger partial charge in [0.15, 0.2) is 5.96 Å². The number of nitrogens with zero attached hydrogens (tertiary/aromatic N) is 2. The molecule has 24 heavy (non-hydrogen) atoms. The fourth-order valence-corrected chi connectivity index (χ4v) is 3.65. The van der Waals surface area contributed by atoms with Crippen molar-refractivity contribution >= 4 is 23.0 Å². The van der Waals surface area contributed by atoms with Gasteiger partial charge in [-0.15, -0.1) is 11.3 Å². The number of hydrogen-bond acceptors (Lipinski definition) is 3. The third-order valence-electron chi connectivity index (χ3n) is 4.18. The highest BCUT2D eigenvalue weighted by Crippen LogP contribution is 2.25. The summed E-state index contributed by atoms with van der Waals surface area (Å²) in [6.45, 7) is 4.50. The van der Waals surface area contributed by atoms with Crippen LogP contribution in [-0.4, -0.2) is 30.0 Å². The molecule has 0 fully saturated rings. The SMILES string of the molecule is CC(CN=C(N)Nc1cc(F)ccc1F)N1CCc2sccc2C1. The standard InChI is InChI=1S/C17H20F2N4S/c1-11(23-6-4-16-12(10-23)5-7-24-16)9-21-17(20)22-15-8-13(18)2-3-14(15)19/h2-3,5,7-8,11H,4,6,9-10H2,1H3,(H3,20,21,22). The van der Waals surface area contributed by atoms with Crippen molar-refractivity contribution in [1.29, 1.82) is 0 Å². The summed E-state index contributed by atoms with van der Waals surface area (Å²) in [5, 5.41) is 4.75. The number of benzene rings is 1. The van der Waals surface area contributed by atoms with Crippen molar-refractivity contribution in [3.8, 4) is 0 Å². The third kappa shape index (κ3) is 3.91. The second-order valence-electron chi connectivity index (χ2n) is 5.91. The van der Waals surface area contributed by atoms with Crippen molar-refractivity contribution < 1.29 is 8.78 Å². The Kier molecular flexibility index (Phi) is 5.11. The van der Waals surface area contributed by atoms with Crippen molar-refractivity contribution in [3.63, 3.8) is 0 Å². The van der Waals surface area contributed by atoms with Gasteiger partial charge in [0, 0.05) is 30.1 Å². The van der Waals surface area contributed by atoms with Gasteiger partial charge >= 0.3 is 0 Å². The van der Waals surface area contributed by atoms with Gasteiger partial charge in [0.2, 0.25) is 0 Å². The molecule has 3 rings (SSSR count). The molecule has 7 heteroatoms. The van der Waals surface area contributed by atoms with Gasteiger partial charge in [-0.2, -0.15) is 0 Å². The molecule has 0 amide bonds. The molecular weight excluding hydrogens is 330 g/mol. The molecule has 1 aliphatic heterocycles. The van der Waals surface area contributed by atoms with Crippen LogP contribution in [0, 0.1) is 11.6 Å². The molecule has 0 aliphatic carbocycles. The second-order valence-corrected chi connectivity index (χ2v) is 6.91. The van der Waals surface area contributed by atoms with E-state index in [0.717, 1.165) is 37.7 Å². The number of nitrogens with two attached hydrogens (primary N) is 1. The van der Waals surface area contributed by atoms with Crippen LogP contribution in [0.1, 0.15) is 17.4 Å². The van der Waals surface area contributed by atoms with Gasteiger partial charge in [0.05, 0.1) is 12.2 Å². The summed E-state index contributed by atoms with van der Waals surface area (Å²) >= 11 is 1.81. The van der Waals surface area contributed by atoms with Crippen molar-refractivity contribution in [2.45, 2.75) is 25.9 Å². The number of thiophene rings is 1. The van der Waals surface area contributed by atoms with Crippen LogP contribution in [0.15, 0.2) is 34.6 Å². The summed E-state index contributed by atoms with van der Waals surface area (Å²) in [7, 11) is 0. The minimum Gasteiger partial charge on any atom is -0.370 e. The number of hydrogen-bond donors (Lipinski definition) is 2. The van der Waals surface area contributed by atoms with Crippen LogP contribution >= 0.6 is 11.3 Å². The molecule has 1 aromatic carbocycles. The van der Waals surface area contributed by atoms with E-state index in [1.165, 1.54) is 10.4 Å². The molecule has 1 aliphatic rings. The molecule has 0 saturated carbocycles. The average molecular weight is 350 g/mol. The molecular formula is C17H20F2N4S. The van der Waals surface area contributed by atoms with E-state index < -0.39 is 11.6 Å². The molecule has 4 nitrogen and oxygen atoms in total. The molecule has 1 atom stereocenters. The highest BCUT2D eigenvalue weighted by atomic mass is 32.1. The lowest BCUT2D eigenvalue weighted by Gasteiger charge is -2.31. The van der Waals surface area contributed by atoms with E-state index in [0.29, 0.717) is 6.54 Å². The van der Waals surface area contributed by atoms with Crippen molar-refractivity contribution in [1.82, 2.24) is 4.90 Å². The second kappa shape index (κ2) is 7.27. The highest BCUT2D eigenvalue weighted by molar-refractivity contribution is 7.10. The van der Waals surface area contributed by atoms with Gasteiger partial charge in [-0.1, -0.05) is 0 Å². The Bertz CT molecular complexity index is 744. The maximum Gasteiger partial charge on any atom is 0.193 e. The van der Waals surface area contributed by atoms with Crippen LogP contribution in [-0.2, 0) is 13.0 Å². The van der Waals surface area contributed by atoms with E-state index in [1.807, 2.05) is 11.3 Å². The first-order chi connectivity index (χ1) is 11.5. The first-order valence-electron chi connectivity index (χ1n) is 7.84. The molecule has 0 radical (unpaired) electrons. The van der Waals surface area contributed by atoms with Gasteiger partial charge in [-0.05, 0) is 42.5 Å². The minimum atomic E-state index is -0.566. The zero-order chi connectivity index (χ0) is 17.1. The van der Waals surface area contributed by atoms with Gasteiger partial charge in [0.25, 0.3) is 0 Å². The Morgan fingerprint density at radius 3 is 3.08 bits per heavy atom. The van der Waals surface area contributed by atoms with E-state index >= 15 is 0 Å². The van der Waals surface area contributed by atoms with E-state index in [4.69, 9.17) is 5.73 Å². The van der Waals surface area contributed by atoms with E-state index in [9.17, 15) is 8.78 Å². The fourth-order valence-electron chi connectivity index (χ4n) is 2.76. The van der Waals surface area contributed by atoms with Crippen LogP contribution < -0.4 is 11.1 Å². The maximum absolute atomic E-state index is 13.6. The summed E-state index contributed by atoms with van der Waals surface area (Å²) < 4.78 is 26.7. The van der Waals surface area contributed by atoms with Crippen molar-refractivity contribution in [2.75, 3.05) is 18.4 Å². The number of aliphatic imine (C=N–C) groups is 1. The summed E-state index contributed by atoms with van der Waals surface area (Å²) in [5.74, 6) is -1.01. The van der Waals surface area contributed by atoms with Gasteiger partial charge in [0.1, 0.15) is 11.6 Å². The van der Waals surface area contributed by atoms with Crippen molar-refractivity contribution in [2.24, 2.45) is 10.7 Å². The monoisotopic (exact) mass is 350 g/mol. The maximum atomic E-state index is 13.6. The van der Waals surface area contributed by atoms with Gasteiger partial charge in [-0.25, -0.2) is 8.78 Å². The van der Waals surface area contributed by atoms with Gasteiger partial charge in [-0.3, -0.25) is 9.89 Å². The van der Waals surface area contributed by atoms with E-state index in [2.05, 4.69) is 33.6 Å². The quantitative estimate of drug-likeness (QED) is 0.658. The van der Waals surface area contributed by atoms with E-state index in [1.54, 1.807) is 0 Å². The number of anilines is 1. The van der Waals surface area contributed by atoms with Crippen LogP contribution in [0.4, 0.5) is 14.5 Å². The Hall–Kier alpha value is -1.99. The first-order valence-corrected chi connectivity index (χ1v) is 8.72. The normalized spacial score (nSPS) is 16.7. The topological polar surface area (TPSA) is 53.6 Å². The summed E-state index contributed by atoms with van der Waals surface area (Å²) in [6.07, 6.45) is 1.06. The lowest BCUT2D eigenvalue weighted by atomic mass is 10.1. The predicted octanol–water partition coefficient (Wildman–Crippen LogP) is 3.20. The molecule has 0 saturated heterocycles. The number of nitrogens with one attached hydrogen (secondary N) is 1. The van der Waals surface area contributed by atoms with Crippen LogP contribution in [0.2, 0.25) is 0 Å². The number of halogens is 2. The fraction of sp³-hybridized carbons (Fsp3) is 0.353. The summed E-state index contributed by atoms with van der Waals surface area (Å²) in [6, 6.07) is 5.56. The Balaban J connectivity index is 1.57. The van der Waals surface area contributed by atoms with Crippen LogP contribution in [0.25, 0.3) is 0 Å². The lowest BCUT2D eigenvalue weighted by molar-refractivity contribution is 0.197. The zero-order valence-corrected chi connectivity index (χ0v) is 14.2. The average Bonchev–Trinajstić information content (AvgIpc) is 3.03. The van der Waals surface area contributed by atoms with Crippen LogP contribution in [0.3, 0.4) is 0 Å². The number of fused-ring (bicyclic) bond motifs is 1. The van der Waals surface area contributed by atoms with Crippen LogP contribution in [0.5, 0.6) is 0 Å². The zero-order valence-electron chi connectivity index (χ0n) is 13.4. The lowest BCUT2D eigenvalue weighted by Crippen LogP contribution is -2.39. The smallest absolute Gasteiger partial charge is 0.193 e. The number of guanidine groups is 1. The molecule has 0 spiro atoms. The third-order valence-corrected chi connectivity index (χ3v) is 5.20. The molecule has 3 N–H and O–H groups in total. The van der Waals surface area contributed by atoms with E-state index in [-0.39, 0.29) is 17.7 Å². The van der Waals surface area contributed by atoms with Gasteiger partial charge < -0.3 is 11.1 Å². The Labute approximate surface area is 144 Å². The molecule has 2 aromatic rings. The first kappa shape index (κ1) is 16.9. The highest BCUT2D eigenvalue weighted by Gasteiger charge is 2.21.